The molecule has 0 unspecified atom stereocenters. The average molecular weight is 437 g/mol. The molecule has 1 aliphatic heterocycles. The minimum absolute atomic E-state index is 0.228. The molecular weight excluding hydrogens is 403 g/mol. The third kappa shape index (κ3) is 5.31. The largest absolute Gasteiger partial charge is 0.392 e. The number of hydrogen-bond acceptors (Lipinski definition) is 3. The Morgan fingerprint density at radius 2 is 1.91 bits per heavy atom. The van der Waals surface area contributed by atoms with Crippen molar-refractivity contribution in [1.29, 1.82) is 0 Å². The van der Waals surface area contributed by atoms with E-state index in [4.69, 9.17) is 0 Å². The number of anilines is 1. The Hall–Kier alpha value is -3.28. The Morgan fingerprint density at radius 1 is 1.16 bits per heavy atom. The van der Waals surface area contributed by atoms with Gasteiger partial charge in [0, 0.05) is 53.2 Å². The molecule has 2 aromatic rings. The fraction of sp³-hybridized carbons (Fsp3) is 0.346. The van der Waals surface area contributed by atoms with Crippen LogP contribution in [0.1, 0.15) is 60.2 Å². The van der Waals surface area contributed by atoms with Crippen LogP contribution < -0.4 is 16.0 Å². The molecule has 0 saturated heterocycles. The summed E-state index contributed by atoms with van der Waals surface area (Å²) in [6, 6.07) is 4.32. The average Bonchev–Trinajstić information content (AvgIpc) is 3.22. The number of fused-ring (bicyclic) bond motifs is 1. The molecule has 0 radical (unpaired) electrons. The van der Waals surface area contributed by atoms with E-state index in [9.17, 15) is 9.18 Å². The number of allylic oxidation sites excluding steroid dienone is 1. The van der Waals surface area contributed by atoms with Gasteiger partial charge in [-0.25, -0.2) is 4.39 Å². The SMILES string of the molecule is C=C(CCCCCCNC(=C)c1c(C)[nH]c(/C=C2\C(=O)Nc3ccc(F)cc32)c1C)NC. The van der Waals surface area contributed by atoms with Crippen LogP contribution in [-0.2, 0) is 4.79 Å². The molecule has 32 heavy (non-hydrogen) atoms. The lowest BCUT2D eigenvalue weighted by atomic mass is 10.0. The second-order valence-electron chi connectivity index (χ2n) is 8.29. The number of hydrogen-bond donors (Lipinski definition) is 4. The van der Waals surface area contributed by atoms with Gasteiger partial charge in [-0.3, -0.25) is 4.79 Å². The lowest BCUT2D eigenvalue weighted by Crippen LogP contribution is -2.13. The second-order valence-corrected chi connectivity index (χ2v) is 8.29. The number of nitrogens with one attached hydrogen (secondary N) is 4. The van der Waals surface area contributed by atoms with Crippen LogP contribution in [0.2, 0.25) is 0 Å². The van der Waals surface area contributed by atoms with Crippen molar-refractivity contribution in [2.24, 2.45) is 0 Å². The summed E-state index contributed by atoms with van der Waals surface area (Å²) in [7, 11) is 1.91. The van der Waals surface area contributed by atoms with Gasteiger partial charge in [-0.1, -0.05) is 26.0 Å². The molecule has 0 fully saturated rings. The first-order valence-electron chi connectivity index (χ1n) is 11.1. The number of benzene rings is 1. The Morgan fingerprint density at radius 3 is 2.66 bits per heavy atom. The maximum atomic E-state index is 13.7. The lowest BCUT2D eigenvalue weighted by Gasteiger charge is -2.11. The molecule has 0 aliphatic carbocycles. The number of rotatable bonds is 11. The molecule has 4 N–H and O–H groups in total. The summed E-state index contributed by atoms with van der Waals surface area (Å²) in [6.07, 6.45) is 7.37. The van der Waals surface area contributed by atoms with Gasteiger partial charge in [0.1, 0.15) is 5.82 Å². The van der Waals surface area contributed by atoms with Crippen molar-refractivity contribution in [3.63, 3.8) is 0 Å². The number of aromatic nitrogens is 1. The van der Waals surface area contributed by atoms with E-state index in [0.717, 1.165) is 66.1 Å². The van der Waals surface area contributed by atoms with Crippen molar-refractivity contribution in [2.75, 3.05) is 18.9 Å². The van der Waals surface area contributed by atoms with Gasteiger partial charge in [0.25, 0.3) is 5.91 Å². The van der Waals surface area contributed by atoms with Crippen molar-refractivity contribution >= 4 is 28.9 Å². The predicted molar refractivity (Wildman–Crippen MR) is 131 cm³/mol. The molecule has 0 saturated carbocycles. The highest BCUT2D eigenvalue weighted by Crippen LogP contribution is 2.35. The zero-order chi connectivity index (χ0) is 23.3. The van der Waals surface area contributed by atoms with E-state index in [2.05, 4.69) is 34.1 Å². The van der Waals surface area contributed by atoms with Crippen molar-refractivity contribution in [3.8, 4) is 0 Å². The third-order valence-corrected chi connectivity index (χ3v) is 5.93. The highest BCUT2D eigenvalue weighted by atomic mass is 19.1. The number of aromatic amines is 1. The number of amides is 1. The highest BCUT2D eigenvalue weighted by Gasteiger charge is 2.25. The van der Waals surface area contributed by atoms with E-state index in [1.807, 2.05) is 20.9 Å². The number of carbonyl (C=O) groups is 1. The summed E-state index contributed by atoms with van der Waals surface area (Å²) in [4.78, 5) is 15.8. The zero-order valence-electron chi connectivity index (χ0n) is 19.3. The summed E-state index contributed by atoms with van der Waals surface area (Å²) in [5.41, 5.74) is 7.47. The van der Waals surface area contributed by atoms with Crippen LogP contribution in [0.25, 0.3) is 17.3 Å². The van der Waals surface area contributed by atoms with Gasteiger partial charge < -0.3 is 20.9 Å². The first-order chi connectivity index (χ1) is 15.3. The fourth-order valence-corrected chi connectivity index (χ4v) is 4.09. The number of halogens is 1. The minimum Gasteiger partial charge on any atom is -0.392 e. The van der Waals surface area contributed by atoms with Gasteiger partial charge in [-0.15, -0.1) is 0 Å². The third-order valence-electron chi connectivity index (χ3n) is 5.93. The molecule has 0 bridgehead atoms. The molecule has 1 aromatic carbocycles. The first kappa shape index (κ1) is 23.4. The normalized spacial score (nSPS) is 13.8. The molecule has 6 heteroatoms. The summed E-state index contributed by atoms with van der Waals surface area (Å²) >= 11 is 0. The maximum Gasteiger partial charge on any atom is 0.256 e. The van der Waals surface area contributed by atoms with Gasteiger partial charge in [-0.2, -0.15) is 0 Å². The van der Waals surface area contributed by atoms with Crippen LogP contribution in [0, 0.1) is 19.7 Å². The maximum absolute atomic E-state index is 13.7. The molecule has 3 rings (SSSR count). The Kier molecular flexibility index (Phi) is 7.57. The molecule has 0 spiro atoms. The summed E-state index contributed by atoms with van der Waals surface area (Å²) in [6.45, 7) is 13.0. The van der Waals surface area contributed by atoms with E-state index in [0.29, 0.717) is 16.8 Å². The summed E-state index contributed by atoms with van der Waals surface area (Å²) in [5, 5.41) is 9.31. The van der Waals surface area contributed by atoms with E-state index < -0.39 is 0 Å². The van der Waals surface area contributed by atoms with Gasteiger partial charge in [-0.05, 0) is 62.9 Å². The molecule has 1 amide bonds. The van der Waals surface area contributed by atoms with Gasteiger partial charge >= 0.3 is 0 Å². The van der Waals surface area contributed by atoms with Crippen molar-refractivity contribution in [3.05, 3.63) is 70.9 Å². The topological polar surface area (TPSA) is 69.0 Å². The second kappa shape index (κ2) is 10.4. The molecule has 5 nitrogen and oxygen atoms in total. The summed E-state index contributed by atoms with van der Waals surface area (Å²) in [5.74, 6) is -0.593. The van der Waals surface area contributed by atoms with Crippen LogP contribution in [0.3, 0.4) is 0 Å². The Balaban J connectivity index is 1.62. The van der Waals surface area contributed by atoms with Crippen molar-refractivity contribution in [2.45, 2.75) is 46.0 Å². The lowest BCUT2D eigenvalue weighted by molar-refractivity contribution is -0.110. The zero-order valence-corrected chi connectivity index (χ0v) is 19.3. The van der Waals surface area contributed by atoms with Crippen LogP contribution in [0.15, 0.2) is 37.1 Å². The highest BCUT2D eigenvalue weighted by molar-refractivity contribution is 6.34. The number of unbranched alkanes of at least 4 members (excludes halogenated alkanes) is 3. The number of carbonyl (C=O) groups excluding carboxylic acids is 1. The molecule has 1 aliphatic rings. The van der Waals surface area contributed by atoms with Crippen LogP contribution in [-0.4, -0.2) is 24.5 Å². The van der Waals surface area contributed by atoms with Crippen LogP contribution in [0.5, 0.6) is 0 Å². The minimum atomic E-state index is -0.365. The molecule has 0 atom stereocenters. The smallest absolute Gasteiger partial charge is 0.256 e. The monoisotopic (exact) mass is 436 g/mol. The predicted octanol–water partition coefficient (Wildman–Crippen LogP) is 5.51. The van der Waals surface area contributed by atoms with E-state index >= 15 is 0 Å². The standard InChI is InChI=1S/C26H33FN4O/c1-16(28-5)10-8-6-7-9-13-29-18(3)25-17(2)24(30-19(25)4)15-22-21-14-20(27)11-12-23(21)31-26(22)32/h11-12,14-15,28-30H,1,3,6-10,13H2,2,4-5H3,(H,31,32)/b22-15-. The van der Waals surface area contributed by atoms with Crippen LogP contribution in [0.4, 0.5) is 10.1 Å². The Bertz CT molecular complexity index is 1060. The van der Waals surface area contributed by atoms with Crippen LogP contribution >= 0.6 is 0 Å². The fourth-order valence-electron chi connectivity index (χ4n) is 4.09. The first-order valence-corrected chi connectivity index (χ1v) is 11.1. The molecular formula is C26H33FN4O. The van der Waals surface area contributed by atoms with Gasteiger partial charge in [0.2, 0.25) is 0 Å². The van der Waals surface area contributed by atoms with E-state index in [1.54, 1.807) is 12.1 Å². The van der Waals surface area contributed by atoms with E-state index in [-0.39, 0.29) is 11.7 Å². The Labute approximate surface area is 189 Å². The summed E-state index contributed by atoms with van der Waals surface area (Å²) < 4.78 is 13.7. The van der Waals surface area contributed by atoms with Gasteiger partial charge in [0.05, 0.1) is 5.57 Å². The van der Waals surface area contributed by atoms with Crippen molar-refractivity contribution < 1.29 is 9.18 Å². The number of H-pyrrole nitrogens is 1. The number of aryl methyl sites for hydroxylation is 1. The van der Waals surface area contributed by atoms with Gasteiger partial charge in [0.15, 0.2) is 0 Å². The van der Waals surface area contributed by atoms with Crippen molar-refractivity contribution in [1.82, 2.24) is 15.6 Å². The molecule has 2 heterocycles. The molecule has 170 valence electrons. The van der Waals surface area contributed by atoms with E-state index in [1.165, 1.54) is 18.6 Å². The quantitative estimate of drug-likeness (QED) is 0.277. The molecule has 1 aromatic heterocycles.